The van der Waals surface area contributed by atoms with Gasteiger partial charge in [-0.3, -0.25) is 4.79 Å². The van der Waals surface area contributed by atoms with Crippen molar-refractivity contribution in [2.75, 3.05) is 38.3 Å². The summed E-state index contributed by atoms with van der Waals surface area (Å²) >= 11 is 3.24. The molecular formula is C21H24BrFN2O2. The van der Waals surface area contributed by atoms with Crippen LogP contribution in [0.15, 0.2) is 46.9 Å². The zero-order valence-corrected chi connectivity index (χ0v) is 17.0. The van der Waals surface area contributed by atoms with Gasteiger partial charge in [-0.2, -0.15) is 0 Å². The summed E-state index contributed by atoms with van der Waals surface area (Å²) < 4.78 is 20.0. The maximum Gasteiger partial charge on any atom is 0.222 e. The Labute approximate surface area is 168 Å². The van der Waals surface area contributed by atoms with E-state index < -0.39 is 0 Å². The average molecular weight is 435 g/mol. The molecule has 6 heteroatoms. The largest absolute Gasteiger partial charge is 0.378 e. The summed E-state index contributed by atoms with van der Waals surface area (Å²) in [4.78, 5) is 16.4. The van der Waals surface area contributed by atoms with Gasteiger partial charge in [0.25, 0.3) is 0 Å². The number of benzene rings is 2. The van der Waals surface area contributed by atoms with Crippen LogP contribution in [-0.4, -0.2) is 44.2 Å². The fourth-order valence-electron chi connectivity index (χ4n) is 3.15. The van der Waals surface area contributed by atoms with Crippen molar-refractivity contribution in [2.24, 2.45) is 0 Å². The van der Waals surface area contributed by atoms with E-state index in [1.165, 1.54) is 11.8 Å². The van der Waals surface area contributed by atoms with Crippen LogP contribution < -0.4 is 4.90 Å². The summed E-state index contributed by atoms with van der Waals surface area (Å²) in [6, 6.07) is 13.2. The molecule has 0 unspecified atom stereocenters. The number of rotatable bonds is 6. The number of carbonyl (C=O) groups excluding carboxylic acids is 1. The molecular weight excluding hydrogens is 411 g/mol. The van der Waals surface area contributed by atoms with Gasteiger partial charge in [0.05, 0.1) is 13.2 Å². The molecule has 1 fully saturated rings. The average Bonchev–Trinajstić information content (AvgIpc) is 2.68. The molecule has 1 aliphatic rings. The molecule has 0 atom stereocenters. The van der Waals surface area contributed by atoms with Crippen LogP contribution in [0.5, 0.6) is 0 Å². The van der Waals surface area contributed by atoms with Crippen molar-refractivity contribution in [2.45, 2.75) is 19.4 Å². The Morgan fingerprint density at radius 2 is 1.89 bits per heavy atom. The minimum Gasteiger partial charge on any atom is -0.378 e. The quantitative estimate of drug-likeness (QED) is 0.688. The molecule has 0 radical (unpaired) electrons. The van der Waals surface area contributed by atoms with E-state index in [0.29, 0.717) is 29.4 Å². The molecule has 0 spiro atoms. The first-order valence-corrected chi connectivity index (χ1v) is 9.92. The molecule has 0 saturated carbocycles. The van der Waals surface area contributed by atoms with Gasteiger partial charge in [-0.1, -0.05) is 34.1 Å². The molecule has 1 heterocycles. The van der Waals surface area contributed by atoms with Crippen LogP contribution in [0, 0.1) is 5.82 Å². The molecule has 1 saturated heterocycles. The fraction of sp³-hybridized carbons (Fsp3) is 0.381. The third kappa shape index (κ3) is 5.53. The number of halogens is 2. The molecule has 0 N–H and O–H groups in total. The number of hydrogen-bond donors (Lipinski definition) is 0. The first kappa shape index (κ1) is 19.8. The Hall–Kier alpha value is -1.92. The standard InChI is InChI=1S/C21H24BrFN2O2/c1-24(21(26)9-5-17-4-6-18(22)14-20(17)23)15-16-2-7-19(8-3-16)25-10-12-27-13-11-25/h2-4,6-8,14H,5,9-13,15H2,1H3. The van der Waals surface area contributed by atoms with Crippen LogP contribution in [0.4, 0.5) is 10.1 Å². The minimum atomic E-state index is -0.279. The Kier molecular flexibility index (Phi) is 6.85. The lowest BCUT2D eigenvalue weighted by Crippen LogP contribution is -2.36. The second-order valence-electron chi connectivity index (χ2n) is 6.75. The highest BCUT2D eigenvalue weighted by Crippen LogP contribution is 2.19. The summed E-state index contributed by atoms with van der Waals surface area (Å²) in [5.41, 5.74) is 2.83. The van der Waals surface area contributed by atoms with Crippen LogP contribution in [0.3, 0.4) is 0 Å². The van der Waals surface area contributed by atoms with Gasteiger partial charge >= 0.3 is 0 Å². The molecule has 0 bridgehead atoms. The number of morpholine rings is 1. The maximum atomic E-state index is 13.9. The van der Waals surface area contributed by atoms with E-state index in [0.717, 1.165) is 31.9 Å². The fourth-order valence-corrected chi connectivity index (χ4v) is 3.49. The van der Waals surface area contributed by atoms with Gasteiger partial charge < -0.3 is 14.5 Å². The number of nitrogens with zero attached hydrogens (tertiary/aromatic N) is 2. The normalized spacial score (nSPS) is 14.3. The van der Waals surface area contributed by atoms with E-state index >= 15 is 0 Å². The first-order valence-electron chi connectivity index (χ1n) is 9.12. The molecule has 2 aromatic carbocycles. The third-order valence-electron chi connectivity index (χ3n) is 4.78. The Balaban J connectivity index is 1.51. The minimum absolute atomic E-state index is 0.00887. The van der Waals surface area contributed by atoms with Crippen molar-refractivity contribution in [3.05, 3.63) is 63.9 Å². The zero-order chi connectivity index (χ0) is 19.2. The van der Waals surface area contributed by atoms with Gasteiger partial charge in [0, 0.05) is 43.3 Å². The number of aryl methyl sites for hydroxylation is 1. The smallest absolute Gasteiger partial charge is 0.222 e. The lowest BCUT2D eigenvalue weighted by molar-refractivity contribution is -0.130. The predicted molar refractivity (Wildman–Crippen MR) is 108 cm³/mol. The number of hydrogen-bond acceptors (Lipinski definition) is 3. The molecule has 2 aromatic rings. The van der Waals surface area contributed by atoms with Crippen molar-refractivity contribution >= 4 is 27.5 Å². The van der Waals surface area contributed by atoms with Crippen molar-refractivity contribution in [1.29, 1.82) is 0 Å². The third-order valence-corrected chi connectivity index (χ3v) is 5.27. The van der Waals surface area contributed by atoms with E-state index in [2.05, 4.69) is 45.1 Å². The number of ether oxygens (including phenoxy) is 1. The zero-order valence-electron chi connectivity index (χ0n) is 15.5. The highest BCUT2D eigenvalue weighted by Gasteiger charge is 2.13. The molecule has 0 aliphatic carbocycles. The summed E-state index contributed by atoms with van der Waals surface area (Å²) in [6.45, 7) is 3.88. The van der Waals surface area contributed by atoms with Crippen LogP contribution in [0.25, 0.3) is 0 Å². The number of carbonyl (C=O) groups is 1. The van der Waals surface area contributed by atoms with Gasteiger partial charge in [0.1, 0.15) is 5.82 Å². The van der Waals surface area contributed by atoms with Gasteiger partial charge in [-0.25, -0.2) is 4.39 Å². The van der Waals surface area contributed by atoms with Gasteiger partial charge in [0.15, 0.2) is 0 Å². The monoisotopic (exact) mass is 434 g/mol. The Morgan fingerprint density at radius 1 is 1.19 bits per heavy atom. The second kappa shape index (κ2) is 9.33. The van der Waals surface area contributed by atoms with Crippen molar-refractivity contribution in [1.82, 2.24) is 4.90 Å². The van der Waals surface area contributed by atoms with Crippen LogP contribution in [0.2, 0.25) is 0 Å². The van der Waals surface area contributed by atoms with E-state index in [1.54, 1.807) is 24.1 Å². The Bertz CT molecular complexity index is 776. The van der Waals surface area contributed by atoms with E-state index in [-0.39, 0.29) is 11.7 Å². The van der Waals surface area contributed by atoms with Crippen LogP contribution in [0.1, 0.15) is 17.5 Å². The van der Waals surface area contributed by atoms with Gasteiger partial charge in [-0.05, 0) is 41.8 Å². The lowest BCUT2D eigenvalue weighted by Gasteiger charge is -2.29. The lowest BCUT2D eigenvalue weighted by atomic mass is 10.1. The van der Waals surface area contributed by atoms with Crippen LogP contribution in [-0.2, 0) is 22.5 Å². The Morgan fingerprint density at radius 3 is 2.56 bits per heavy atom. The SMILES string of the molecule is CN(Cc1ccc(N2CCOCC2)cc1)C(=O)CCc1ccc(Br)cc1F. The van der Waals surface area contributed by atoms with E-state index in [1.807, 2.05) is 0 Å². The molecule has 144 valence electrons. The molecule has 27 heavy (non-hydrogen) atoms. The topological polar surface area (TPSA) is 32.8 Å². The highest BCUT2D eigenvalue weighted by atomic mass is 79.9. The van der Waals surface area contributed by atoms with Crippen molar-refractivity contribution in [3.8, 4) is 0 Å². The summed E-state index contributed by atoms with van der Waals surface area (Å²) in [5.74, 6) is -0.270. The van der Waals surface area contributed by atoms with Crippen molar-refractivity contribution < 1.29 is 13.9 Å². The van der Waals surface area contributed by atoms with Gasteiger partial charge in [0.2, 0.25) is 5.91 Å². The summed E-state index contributed by atoms with van der Waals surface area (Å²) in [5, 5.41) is 0. The highest BCUT2D eigenvalue weighted by molar-refractivity contribution is 9.10. The number of amides is 1. The molecule has 0 aromatic heterocycles. The number of anilines is 1. The molecule has 4 nitrogen and oxygen atoms in total. The summed E-state index contributed by atoms with van der Waals surface area (Å²) in [7, 11) is 1.79. The first-order chi connectivity index (χ1) is 13.0. The molecule has 3 rings (SSSR count). The van der Waals surface area contributed by atoms with Crippen molar-refractivity contribution in [3.63, 3.8) is 0 Å². The second-order valence-corrected chi connectivity index (χ2v) is 7.67. The molecule has 1 aliphatic heterocycles. The van der Waals surface area contributed by atoms with E-state index in [9.17, 15) is 9.18 Å². The predicted octanol–water partition coefficient (Wildman–Crippen LogP) is 4.02. The summed E-state index contributed by atoms with van der Waals surface area (Å²) in [6.07, 6.45) is 0.694. The van der Waals surface area contributed by atoms with Gasteiger partial charge in [-0.15, -0.1) is 0 Å². The molecule has 1 amide bonds. The van der Waals surface area contributed by atoms with Crippen LogP contribution >= 0.6 is 15.9 Å². The maximum absolute atomic E-state index is 13.9. The van der Waals surface area contributed by atoms with E-state index in [4.69, 9.17) is 4.74 Å².